The molecule has 2 heterocycles. The molecule has 2 aromatic heterocycles. The zero-order valence-electron chi connectivity index (χ0n) is 20.3. The highest BCUT2D eigenvalue weighted by molar-refractivity contribution is 5.93. The van der Waals surface area contributed by atoms with E-state index < -0.39 is 23.6 Å². The molecule has 0 bridgehead atoms. The Morgan fingerprint density at radius 3 is 2.45 bits per heavy atom. The smallest absolute Gasteiger partial charge is 0.270 e. The van der Waals surface area contributed by atoms with Crippen LogP contribution < -0.4 is 10.1 Å². The molecule has 9 heteroatoms. The summed E-state index contributed by atoms with van der Waals surface area (Å²) in [6, 6.07) is 14.3. The van der Waals surface area contributed by atoms with Gasteiger partial charge in [0, 0.05) is 34.6 Å². The van der Waals surface area contributed by atoms with Gasteiger partial charge in [-0.05, 0) is 61.0 Å². The number of ether oxygens (including phenoxy) is 1. The van der Waals surface area contributed by atoms with Crippen molar-refractivity contribution < 1.29 is 28.5 Å². The van der Waals surface area contributed by atoms with Crippen LogP contribution in [0, 0.1) is 30.4 Å². The fourth-order valence-electron chi connectivity index (χ4n) is 3.65. The number of phenolic OH excluding ortho intramolecular Hbond substituents is 1. The molecule has 0 saturated carbocycles. The van der Waals surface area contributed by atoms with Crippen LogP contribution >= 0.6 is 0 Å². The summed E-state index contributed by atoms with van der Waals surface area (Å²) in [7, 11) is 0. The van der Waals surface area contributed by atoms with Crippen molar-refractivity contribution in [2.24, 2.45) is 0 Å². The van der Waals surface area contributed by atoms with E-state index in [4.69, 9.17) is 9.84 Å². The molecule has 0 aliphatic heterocycles. The number of aryl methyl sites for hydroxylation is 1. The lowest BCUT2D eigenvalue weighted by Gasteiger charge is -2.21. The third-order valence-electron chi connectivity index (χ3n) is 5.39. The number of benzene rings is 2. The number of nitrogens with zero attached hydrogens (tertiary/aromatic N) is 2. The number of halogens is 2. The Balaban J connectivity index is 1.60. The molecule has 0 aliphatic rings. The molecule has 1 amide bonds. The SMILES string of the molecule is Cc1cc(C#Cc2ccc(OCCO)nc2)cc(C(=O)N[C@H](c2ccc(F)cc2)c2cc(F)ccc2O)n1. The summed E-state index contributed by atoms with van der Waals surface area (Å²) in [5.74, 6) is 4.40. The Labute approximate surface area is 217 Å². The van der Waals surface area contributed by atoms with Crippen molar-refractivity contribution in [1.82, 2.24) is 15.3 Å². The number of hydrogen-bond donors (Lipinski definition) is 3. The van der Waals surface area contributed by atoms with E-state index in [2.05, 4.69) is 27.1 Å². The molecule has 0 saturated heterocycles. The fraction of sp³-hybridized carbons (Fsp3) is 0.138. The van der Waals surface area contributed by atoms with Crippen LogP contribution in [0.25, 0.3) is 0 Å². The number of carbonyl (C=O) groups is 1. The third kappa shape index (κ3) is 6.69. The Morgan fingerprint density at radius 2 is 1.74 bits per heavy atom. The normalized spacial score (nSPS) is 11.3. The monoisotopic (exact) mass is 515 g/mol. The molecule has 0 fully saturated rings. The first kappa shape index (κ1) is 26.3. The molecule has 0 unspecified atom stereocenters. The van der Waals surface area contributed by atoms with Crippen LogP contribution in [0.2, 0.25) is 0 Å². The van der Waals surface area contributed by atoms with Gasteiger partial charge in [0.05, 0.1) is 12.6 Å². The molecular formula is C29H23F2N3O4. The highest BCUT2D eigenvalue weighted by atomic mass is 19.1. The summed E-state index contributed by atoms with van der Waals surface area (Å²) < 4.78 is 32.8. The van der Waals surface area contributed by atoms with E-state index in [0.29, 0.717) is 28.3 Å². The van der Waals surface area contributed by atoms with Crippen LogP contribution in [-0.4, -0.2) is 39.3 Å². The van der Waals surface area contributed by atoms with E-state index in [0.717, 1.165) is 12.1 Å². The molecule has 38 heavy (non-hydrogen) atoms. The molecule has 7 nitrogen and oxygen atoms in total. The Hall–Kier alpha value is -4.81. The van der Waals surface area contributed by atoms with Gasteiger partial charge in [0.25, 0.3) is 5.91 Å². The van der Waals surface area contributed by atoms with Gasteiger partial charge in [-0.2, -0.15) is 0 Å². The van der Waals surface area contributed by atoms with E-state index in [1.165, 1.54) is 42.6 Å². The van der Waals surface area contributed by atoms with E-state index >= 15 is 0 Å². The van der Waals surface area contributed by atoms with Gasteiger partial charge in [-0.1, -0.05) is 24.0 Å². The zero-order valence-corrected chi connectivity index (χ0v) is 20.3. The van der Waals surface area contributed by atoms with Gasteiger partial charge in [-0.15, -0.1) is 0 Å². The lowest BCUT2D eigenvalue weighted by molar-refractivity contribution is 0.0937. The molecule has 0 aliphatic carbocycles. The molecular weight excluding hydrogens is 492 g/mol. The van der Waals surface area contributed by atoms with Gasteiger partial charge in [-0.3, -0.25) is 4.79 Å². The van der Waals surface area contributed by atoms with E-state index in [1.807, 2.05) is 0 Å². The van der Waals surface area contributed by atoms with E-state index in [-0.39, 0.29) is 30.2 Å². The van der Waals surface area contributed by atoms with Gasteiger partial charge >= 0.3 is 0 Å². The summed E-state index contributed by atoms with van der Waals surface area (Å²) in [6.07, 6.45) is 1.53. The van der Waals surface area contributed by atoms with Gasteiger partial charge in [0.15, 0.2) is 0 Å². The van der Waals surface area contributed by atoms with Gasteiger partial charge in [-0.25, -0.2) is 18.7 Å². The average Bonchev–Trinajstić information content (AvgIpc) is 2.91. The summed E-state index contributed by atoms with van der Waals surface area (Å²) in [4.78, 5) is 21.7. The lowest BCUT2D eigenvalue weighted by Crippen LogP contribution is -2.30. The number of aromatic nitrogens is 2. The van der Waals surface area contributed by atoms with Crippen LogP contribution in [0.5, 0.6) is 11.6 Å². The van der Waals surface area contributed by atoms with Crippen LogP contribution in [0.3, 0.4) is 0 Å². The molecule has 192 valence electrons. The molecule has 2 aromatic carbocycles. The van der Waals surface area contributed by atoms with Crippen LogP contribution in [0.1, 0.15) is 44.5 Å². The quantitative estimate of drug-likeness (QED) is 0.321. The average molecular weight is 516 g/mol. The third-order valence-corrected chi connectivity index (χ3v) is 5.39. The minimum atomic E-state index is -0.978. The van der Waals surface area contributed by atoms with Crippen molar-refractivity contribution in [2.45, 2.75) is 13.0 Å². The Kier molecular flexibility index (Phi) is 8.26. The second kappa shape index (κ2) is 12.0. The number of hydrogen-bond acceptors (Lipinski definition) is 6. The molecule has 1 atom stereocenters. The maximum atomic E-state index is 14.0. The number of rotatable bonds is 7. The van der Waals surface area contributed by atoms with Crippen LogP contribution in [0.4, 0.5) is 8.78 Å². The van der Waals surface area contributed by atoms with Crippen LogP contribution in [0.15, 0.2) is 72.9 Å². The van der Waals surface area contributed by atoms with Crippen molar-refractivity contribution in [3.8, 4) is 23.5 Å². The predicted octanol–water partition coefficient (Wildman–Crippen LogP) is 4.06. The zero-order chi connectivity index (χ0) is 27.1. The summed E-state index contributed by atoms with van der Waals surface area (Å²) in [5.41, 5.74) is 2.28. The van der Waals surface area contributed by atoms with Crippen molar-refractivity contribution in [2.75, 3.05) is 13.2 Å². The van der Waals surface area contributed by atoms with Crippen molar-refractivity contribution in [3.63, 3.8) is 0 Å². The summed E-state index contributed by atoms with van der Waals surface area (Å²) >= 11 is 0. The molecule has 0 radical (unpaired) electrons. The lowest BCUT2D eigenvalue weighted by atomic mass is 9.97. The number of amides is 1. The number of pyridine rings is 2. The van der Waals surface area contributed by atoms with Gasteiger partial charge in [0.1, 0.15) is 29.7 Å². The number of phenols is 1. The first-order valence-electron chi connectivity index (χ1n) is 11.6. The van der Waals surface area contributed by atoms with Gasteiger partial charge < -0.3 is 20.3 Å². The maximum Gasteiger partial charge on any atom is 0.270 e. The summed E-state index contributed by atoms with van der Waals surface area (Å²) in [5, 5.41) is 22.0. The summed E-state index contributed by atoms with van der Waals surface area (Å²) in [6.45, 7) is 1.74. The van der Waals surface area contributed by atoms with Crippen molar-refractivity contribution in [1.29, 1.82) is 0 Å². The Bertz CT molecular complexity index is 1500. The topological polar surface area (TPSA) is 105 Å². The second-order valence-electron chi connectivity index (χ2n) is 8.25. The van der Waals surface area contributed by atoms with E-state index in [1.54, 1.807) is 25.1 Å². The highest BCUT2D eigenvalue weighted by Crippen LogP contribution is 2.30. The predicted molar refractivity (Wildman–Crippen MR) is 136 cm³/mol. The van der Waals surface area contributed by atoms with Gasteiger partial charge in [0.2, 0.25) is 5.88 Å². The van der Waals surface area contributed by atoms with Crippen molar-refractivity contribution in [3.05, 3.63) is 118 Å². The van der Waals surface area contributed by atoms with E-state index in [9.17, 15) is 18.7 Å². The standard InChI is InChI=1S/C29H23F2N3O4/c1-18-14-20(3-2-19-4-11-27(32-17-19)38-13-12-35)15-25(33-18)29(37)34-28(21-5-7-22(30)8-6-21)24-16-23(31)9-10-26(24)36/h4-11,14-17,28,35-36H,12-13H2,1H3,(H,34,37)/t28-/m1/s1. The van der Waals surface area contributed by atoms with Crippen molar-refractivity contribution >= 4 is 5.91 Å². The molecule has 3 N–H and O–H groups in total. The maximum absolute atomic E-state index is 14.0. The molecule has 4 aromatic rings. The second-order valence-corrected chi connectivity index (χ2v) is 8.25. The number of aromatic hydroxyl groups is 1. The number of carbonyl (C=O) groups excluding carboxylic acids is 1. The molecule has 4 rings (SSSR count). The number of aliphatic hydroxyl groups excluding tert-OH is 1. The minimum absolute atomic E-state index is 0.0585. The van der Waals surface area contributed by atoms with Crippen LogP contribution in [-0.2, 0) is 0 Å². The molecule has 0 spiro atoms. The first-order chi connectivity index (χ1) is 18.3. The number of aliphatic hydroxyl groups is 1. The fourth-order valence-corrected chi connectivity index (χ4v) is 3.65. The largest absolute Gasteiger partial charge is 0.508 e. The first-order valence-corrected chi connectivity index (χ1v) is 11.6. The number of nitrogens with one attached hydrogen (secondary N) is 1. The Morgan fingerprint density at radius 1 is 1.00 bits per heavy atom. The highest BCUT2D eigenvalue weighted by Gasteiger charge is 2.22. The minimum Gasteiger partial charge on any atom is -0.508 e.